The summed E-state index contributed by atoms with van der Waals surface area (Å²) < 4.78 is 0. The Labute approximate surface area is 114 Å². The number of rotatable bonds is 3. The van der Waals surface area contributed by atoms with Crippen molar-refractivity contribution in [2.75, 3.05) is 4.90 Å². The van der Waals surface area contributed by atoms with Crippen LogP contribution in [0.25, 0.3) is 0 Å². The number of allylic oxidation sites excluding steroid dienone is 1. The molecular formula is C16H21NO2. The highest BCUT2D eigenvalue weighted by molar-refractivity contribution is 5.92. The Hall–Kier alpha value is -1.77. The number of hydrogen-bond donors (Lipinski definition) is 1. The lowest BCUT2D eigenvalue weighted by atomic mass is 9.95. The fourth-order valence-electron chi connectivity index (χ4n) is 2.54. The topological polar surface area (TPSA) is 40.5 Å². The van der Waals surface area contributed by atoms with E-state index in [-0.39, 0.29) is 17.6 Å². The number of carbonyl (C=O) groups excluding carboxylic acids is 1. The number of phenols is 1. The molecule has 0 radical (unpaired) electrons. The van der Waals surface area contributed by atoms with Crippen molar-refractivity contribution in [3.63, 3.8) is 0 Å². The Balaban J connectivity index is 2.36. The zero-order chi connectivity index (χ0) is 14.0. The van der Waals surface area contributed by atoms with Crippen LogP contribution in [0.3, 0.4) is 0 Å². The number of aromatic hydroxyl groups is 1. The van der Waals surface area contributed by atoms with Gasteiger partial charge in [-0.15, -0.1) is 0 Å². The molecule has 0 spiro atoms. The van der Waals surface area contributed by atoms with Gasteiger partial charge < -0.3 is 10.0 Å². The molecule has 1 aromatic carbocycles. The molecule has 0 aliphatic carbocycles. The number of nitrogens with zero attached hydrogens (tertiary/aromatic N) is 1. The molecule has 1 atom stereocenters. The molecule has 1 N–H and O–H groups in total. The smallest absolute Gasteiger partial charge is 0.159 e. The van der Waals surface area contributed by atoms with Crippen LogP contribution in [0.5, 0.6) is 5.75 Å². The molecule has 2 rings (SSSR count). The predicted molar refractivity (Wildman–Crippen MR) is 77.3 cm³/mol. The maximum absolute atomic E-state index is 11.6. The van der Waals surface area contributed by atoms with Gasteiger partial charge in [0.2, 0.25) is 0 Å². The van der Waals surface area contributed by atoms with E-state index in [1.54, 1.807) is 18.3 Å². The normalized spacial score (nSPS) is 19.3. The SMILES string of the molecule is Cc1ccc(O)c(N2C=CC(=O)C[C@@H]2CC(C)C)c1. The van der Waals surface area contributed by atoms with Crippen LogP contribution in [-0.4, -0.2) is 16.9 Å². The lowest BCUT2D eigenvalue weighted by Crippen LogP contribution is -2.36. The first-order valence-corrected chi connectivity index (χ1v) is 6.76. The van der Waals surface area contributed by atoms with Crippen LogP contribution in [0.2, 0.25) is 0 Å². The molecular weight excluding hydrogens is 238 g/mol. The van der Waals surface area contributed by atoms with Gasteiger partial charge in [-0.1, -0.05) is 19.9 Å². The summed E-state index contributed by atoms with van der Waals surface area (Å²) in [5.74, 6) is 0.936. The Morgan fingerprint density at radius 1 is 1.42 bits per heavy atom. The van der Waals surface area contributed by atoms with E-state index in [1.807, 2.05) is 24.0 Å². The number of carbonyl (C=O) groups is 1. The molecule has 3 nitrogen and oxygen atoms in total. The molecule has 3 heteroatoms. The highest BCUT2D eigenvalue weighted by atomic mass is 16.3. The van der Waals surface area contributed by atoms with E-state index in [1.165, 1.54) is 0 Å². The lowest BCUT2D eigenvalue weighted by molar-refractivity contribution is -0.115. The average molecular weight is 259 g/mol. The first-order valence-electron chi connectivity index (χ1n) is 6.76. The number of anilines is 1. The molecule has 0 bridgehead atoms. The van der Waals surface area contributed by atoms with E-state index in [0.717, 1.165) is 17.7 Å². The molecule has 1 aliphatic rings. The van der Waals surface area contributed by atoms with Crippen molar-refractivity contribution in [1.29, 1.82) is 0 Å². The van der Waals surface area contributed by atoms with Gasteiger partial charge in [-0.05, 0) is 43.0 Å². The molecule has 0 fully saturated rings. The lowest BCUT2D eigenvalue weighted by Gasteiger charge is -2.34. The minimum Gasteiger partial charge on any atom is -0.506 e. The minimum atomic E-state index is 0.130. The third-order valence-corrected chi connectivity index (χ3v) is 3.40. The van der Waals surface area contributed by atoms with Gasteiger partial charge in [0.25, 0.3) is 0 Å². The maximum Gasteiger partial charge on any atom is 0.159 e. The van der Waals surface area contributed by atoms with E-state index in [0.29, 0.717) is 12.3 Å². The predicted octanol–water partition coefficient (Wildman–Crippen LogP) is 3.41. The quantitative estimate of drug-likeness (QED) is 0.904. The fraction of sp³-hybridized carbons (Fsp3) is 0.438. The fourth-order valence-corrected chi connectivity index (χ4v) is 2.54. The number of ketones is 1. The average Bonchev–Trinajstić information content (AvgIpc) is 2.32. The highest BCUT2D eigenvalue weighted by Crippen LogP contribution is 2.33. The van der Waals surface area contributed by atoms with Crippen molar-refractivity contribution in [2.45, 2.75) is 39.7 Å². The van der Waals surface area contributed by atoms with Crippen LogP contribution in [0, 0.1) is 12.8 Å². The van der Waals surface area contributed by atoms with Crippen molar-refractivity contribution < 1.29 is 9.90 Å². The van der Waals surface area contributed by atoms with Crippen molar-refractivity contribution in [1.82, 2.24) is 0 Å². The molecule has 102 valence electrons. The minimum absolute atomic E-state index is 0.130. The second-order valence-electron chi connectivity index (χ2n) is 5.67. The van der Waals surface area contributed by atoms with Crippen LogP contribution >= 0.6 is 0 Å². The third kappa shape index (κ3) is 3.16. The zero-order valence-electron chi connectivity index (χ0n) is 11.8. The summed E-state index contributed by atoms with van der Waals surface area (Å²) in [6, 6.07) is 5.68. The van der Waals surface area contributed by atoms with Crippen molar-refractivity contribution in [3.05, 3.63) is 36.0 Å². The molecule has 0 saturated carbocycles. The summed E-state index contributed by atoms with van der Waals surface area (Å²) >= 11 is 0. The molecule has 19 heavy (non-hydrogen) atoms. The molecule has 1 heterocycles. The second-order valence-corrected chi connectivity index (χ2v) is 5.67. The highest BCUT2D eigenvalue weighted by Gasteiger charge is 2.25. The number of benzene rings is 1. The van der Waals surface area contributed by atoms with Gasteiger partial charge in [0.05, 0.1) is 5.69 Å². The monoisotopic (exact) mass is 259 g/mol. The summed E-state index contributed by atoms with van der Waals surface area (Å²) in [5.41, 5.74) is 1.88. The van der Waals surface area contributed by atoms with E-state index >= 15 is 0 Å². The number of hydrogen-bond acceptors (Lipinski definition) is 3. The maximum atomic E-state index is 11.6. The van der Waals surface area contributed by atoms with Crippen LogP contribution in [0.1, 0.15) is 32.3 Å². The van der Waals surface area contributed by atoms with Gasteiger partial charge in [-0.25, -0.2) is 0 Å². The van der Waals surface area contributed by atoms with Gasteiger partial charge in [-0.3, -0.25) is 4.79 Å². The first kappa shape index (κ1) is 13.7. The van der Waals surface area contributed by atoms with Crippen molar-refractivity contribution in [2.24, 2.45) is 5.92 Å². The molecule has 1 aliphatic heterocycles. The van der Waals surface area contributed by atoms with E-state index in [9.17, 15) is 9.90 Å². The molecule has 0 aromatic heterocycles. The van der Waals surface area contributed by atoms with Gasteiger partial charge in [0.15, 0.2) is 5.78 Å². The Morgan fingerprint density at radius 3 is 2.84 bits per heavy atom. The summed E-state index contributed by atoms with van der Waals surface area (Å²) in [6.07, 6.45) is 4.84. The van der Waals surface area contributed by atoms with Gasteiger partial charge in [0, 0.05) is 18.7 Å². The van der Waals surface area contributed by atoms with Crippen LogP contribution in [0.15, 0.2) is 30.5 Å². The second kappa shape index (κ2) is 5.47. The summed E-state index contributed by atoms with van der Waals surface area (Å²) in [6.45, 7) is 6.30. The van der Waals surface area contributed by atoms with E-state index in [2.05, 4.69) is 13.8 Å². The number of aryl methyl sites for hydroxylation is 1. The molecule has 0 saturated heterocycles. The van der Waals surface area contributed by atoms with Crippen molar-refractivity contribution >= 4 is 11.5 Å². The van der Waals surface area contributed by atoms with Gasteiger partial charge in [0.1, 0.15) is 5.75 Å². The van der Waals surface area contributed by atoms with Crippen LogP contribution < -0.4 is 4.90 Å². The van der Waals surface area contributed by atoms with Crippen LogP contribution in [0.4, 0.5) is 5.69 Å². The molecule has 0 amide bonds. The standard InChI is InChI=1S/C16H21NO2/c1-11(2)8-13-10-14(18)6-7-17(13)15-9-12(3)4-5-16(15)19/h4-7,9,11,13,19H,8,10H2,1-3H3/t13-/m0/s1. The Morgan fingerprint density at radius 2 is 2.16 bits per heavy atom. The van der Waals surface area contributed by atoms with Crippen LogP contribution in [-0.2, 0) is 4.79 Å². The zero-order valence-corrected chi connectivity index (χ0v) is 11.8. The van der Waals surface area contributed by atoms with E-state index < -0.39 is 0 Å². The summed E-state index contributed by atoms with van der Waals surface area (Å²) in [7, 11) is 0. The Bertz CT molecular complexity index is 505. The molecule has 1 aromatic rings. The van der Waals surface area contributed by atoms with Gasteiger partial charge in [-0.2, -0.15) is 0 Å². The largest absolute Gasteiger partial charge is 0.506 e. The first-order chi connectivity index (χ1) is 8.97. The van der Waals surface area contributed by atoms with Crippen molar-refractivity contribution in [3.8, 4) is 5.75 Å². The van der Waals surface area contributed by atoms with Gasteiger partial charge >= 0.3 is 0 Å². The van der Waals surface area contributed by atoms with E-state index in [4.69, 9.17) is 0 Å². The number of phenolic OH excluding ortho intramolecular Hbond substituents is 1. The summed E-state index contributed by atoms with van der Waals surface area (Å²) in [4.78, 5) is 13.6. The third-order valence-electron chi connectivity index (χ3n) is 3.40. The summed E-state index contributed by atoms with van der Waals surface area (Å²) in [5, 5.41) is 10.0. The molecule has 0 unspecified atom stereocenters. The Kier molecular flexibility index (Phi) is 3.93.